The average Bonchev–Trinajstić information content (AvgIpc) is 3.42. The number of aromatic nitrogens is 1. The number of aryl methyl sites for hydroxylation is 1. The number of carbonyl (C=O) groups excluding carboxylic acids is 5. The van der Waals surface area contributed by atoms with Gasteiger partial charge >= 0.3 is 5.63 Å². The molecule has 5 heterocycles. The zero-order chi connectivity index (χ0) is 55.4. The molecule has 0 saturated carbocycles. The highest BCUT2D eigenvalue weighted by molar-refractivity contribution is 7.99. The number of fused-ring (bicyclic) bond motifs is 5. The number of morpholine rings is 1. The highest BCUT2D eigenvalue weighted by atomic mass is 32.2. The highest BCUT2D eigenvalue weighted by Gasteiger charge is 2.34. The van der Waals surface area contributed by atoms with Crippen molar-refractivity contribution in [2.24, 2.45) is 0 Å². The van der Waals surface area contributed by atoms with Crippen molar-refractivity contribution in [1.82, 2.24) is 4.98 Å². The summed E-state index contributed by atoms with van der Waals surface area (Å²) in [5.41, 5.74) is 4.96. The molecule has 5 aromatic rings. The summed E-state index contributed by atoms with van der Waals surface area (Å²) >= 11 is 1.04. The summed E-state index contributed by atoms with van der Waals surface area (Å²) in [6.07, 6.45) is 5.25. The Morgan fingerprint density at radius 2 is 1.38 bits per heavy atom. The largest absolute Gasteiger partial charge is 0.549 e. The number of rotatable bonds is 17. The van der Waals surface area contributed by atoms with Crippen molar-refractivity contribution in [1.29, 1.82) is 5.26 Å². The molecule has 0 bridgehead atoms. The maximum atomic E-state index is 12.2. The number of ether oxygens (including phenoxy) is 7. The maximum absolute atomic E-state index is 12.2. The lowest BCUT2D eigenvalue weighted by atomic mass is 9.89. The summed E-state index contributed by atoms with van der Waals surface area (Å²) in [6, 6.07) is 17.1. The van der Waals surface area contributed by atoms with Crippen LogP contribution in [0.1, 0.15) is 65.6 Å². The number of pyridine rings is 1. The van der Waals surface area contributed by atoms with Crippen LogP contribution >= 0.6 is 11.8 Å². The molecule has 0 N–H and O–H groups in total. The monoisotopic (exact) mass is 1070 g/mol. The molecule has 1 fully saturated rings. The first-order chi connectivity index (χ1) is 36.8. The molecule has 77 heavy (non-hydrogen) atoms. The second-order valence-corrected chi connectivity index (χ2v) is 18.9. The maximum Gasteiger partial charge on any atom is 0.339 e. The van der Waals surface area contributed by atoms with Gasteiger partial charge in [0, 0.05) is 66.2 Å². The fraction of sp³-hybridized carbons (Fsp3) is 0.333. The molecule has 9 rings (SSSR count). The van der Waals surface area contributed by atoms with Crippen LogP contribution in [0.2, 0.25) is 0 Å². The van der Waals surface area contributed by atoms with Gasteiger partial charge in [0.1, 0.15) is 83.4 Å². The zero-order valence-electron chi connectivity index (χ0n) is 41.6. The van der Waals surface area contributed by atoms with Gasteiger partial charge in [0.15, 0.2) is 0 Å². The number of thioether (sulfide) groups is 1. The van der Waals surface area contributed by atoms with Crippen LogP contribution in [0.25, 0.3) is 16.5 Å². The van der Waals surface area contributed by atoms with Crippen LogP contribution in [-0.2, 0) is 59.3 Å². The number of carbonyl (C=O) groups is 5. The molecule has 0 unspecified atom stereocenters. The normalized spacial score (nSPS) is 14.9. The third-order valence-corrected chi connectivity index (χ3v) is 12.9. The molecule has 0 amide bonds. The van der Waals surface area contributed by atoms with Gasteiger partial charge in [0.2, 0.25) is 0 Å². The smallest absolute Gasteiger partial charge is 0.339 e. The minimum absolute atomic E-state index is 0.0592. The summed E-state index contributed by atoms with van der Waals surface area (Å²) in [6.45, 7) is 8.03. The standard InChI is InChI=1S/C20H16O7.C17H21N3O4S.C17H16O8/c1-12-7-15(13-5-3-2-4-6-13)20-16(26-11-19(23)24)8-14(9-17(20)27-12)25-10-18(21)22;1-17(2)7-11-12(8-18)16(25-10-14(21)22)19-15(13(11)9-24-17)20-3-5-23-6-4-20;18-14(19)7-23-9-5-12(24-8-15(20)21)16-10-3-1-2-4-11(10)17(22)25-13(16)6-9/h2-9H,1,10-11H2,(H,21,22)(H,23,24);3-7,9-10H2,1-2H3,(H,21,22);5-6H,1-4,7-8H2,(H,18,19)(H,20,21)/p-5. The molecular weight excluding hydrogens is 1030 g/mol. The number of hydrogen-bond donors (Lipinski definition) is 0. The first-order valence-corrected chi connectivity index (χ1v) is 24.8. The molecule has 404 valence electrons. The van der Waals surface area contributed by atoms with Gasteiger partial charge < -0.3 is 92.0 Å². The van der Waals surface area contributed by atoms with E-state index in [4.69, 9.17) is 37.6 Å². The minimum Gasteiger partial charge on any atom is -0.549 e. The first kappa shape index (κ1) is 56.1. The predicted molar refractivity (Wildman–Crippen MR) is 261 cm³/mol. The Hall–Kier alpha value is -8.59. The Morgan fingerprint density at radius 1 is 0.779 bits per heavy atom. The van der Waals surface area contributed by atoms with Crippen molar-refractivity contribution in [3.05, 3.63) is 122 Å². The number of aliphatic carboxylic acids is 5. The topological polar surface area (TPSA) is 335 Å². The fourth-order valence-corrected chi connectivity index (χ4v) is 9.45. The highest BCUT2D eigenvalue weighted by Crippen LogP contribution is 2.46. The molecular formula is C54H48N3O19S-5. The lowest BCUT2D eigenvalue weighted by Crippen LogP contribution is -2.40. The SMILES string of the molecule is C=C1C=C(c2ccccc2)c2c(OCC(=O)[O-])cc(OCC(=O)[O-])cc2O1.CC1(C)Cc2c(C#N)c(SCC(=O)[O-])nc(N3CCOCC3)c2CO1.O=C([O-])COc1cc(OCC(=O)[O-])c2c3c(c(=O)oc2c1)CCCC3. The van der Waals surface area contributed by atoms with Gasteiger partial charge in [-0.1, -0.05) is 48.7 Å². The molecule has 0 spiro atoms. The number of carboxylic acid groups (broad SMARTS) is 5. The third-order valence-electron chi connectivity index (χ3n) is 11.9. The van der Waals surface area contributed by atoms with E-state index in [-0.39, 0.29) is 39.9 Å². The van der Waals surface area contributed by atoms with Crippen LogP contribution in [0.4, 0.5) is 5.82 Å². The zero-order valence-corrected chi connectivity index (χ0v) is 42.4. The minimum atomic E-state index is -1.43. The number of benzene rings is 3. The van der Waals surface area contributed by atoms with Crippen LogP contribution in [0.5, 0.6) is 28.7 Å². The average molecular weight is 1080 g/mol. The van der Waals surface area contributed by atoms with Crippen molar-refractivity contribution in [3.8, 4) is 34.8 Å². The van der Waals surface area contributed by atoms with Gasteiger partial charge in [0.25, 0.3) is 0 Å². The number of nitriles is 1. The van der Waals surface area contributed by atoms with Crippen LogP contribution < -0.4 is 59.7 Å². The molecule has 22 nitrogen and oxygen atoms in total. The van der Waals surface area contributed by atoms with Crippen molar-refractivity contribution >= 4 is 64.0 Å². The summed E-state index contributed by atoms with van der Waals surface area (Å²) in [4.78, 5) is 72.5. The molecule has 1 aliphatic carbocycles. The van der Waals surface area contributed by atoms with E-state index in [0.717, 1.165) is 52.7 Å². The van der Waals surface area contributed by atoms with E-state index in [9.17, 15) is 59.6 Å². The predicted octanol–water partition coefficient (Wildman–Crippen LogP) is -0.306. The van der Waals surface area contributed by atoms with E-state index in [1.54, 1.807) is 6.08 Å². The van der Waals surface area contributed by atoms with Gasteiger partial charge in [-0.25, -0.2) is 9.78 Å². The van der Waals surface area contributed by atoms with E-state index in [1.807, 2.05) is 44.2 Å². The quantitative estimate of drug-likeness (QED) is 0.0852. The molecule has 3 aliphatic heterocycles. The summed E-state index contributed by atoms with van der Waals surface area (Å²) in [5.74, 6) is -5.18. The molecule has 2 aromatic heterocycles. The summed E-state index contributed by atoms with van der Waals surface area (Å²) in [5, 5.41) is 64.2. The number of hydrogen-bond acceptors (Lipinski definition) is 23. The Kier molecular flexibility index (Phi) is 18.4. The third kappa shape index (κ3) is 14.6. The lowest BCUT2D eigenvalue weighted by Gasteiger charge is -2.36. The van der Waals surface area contributed by atoms with Crippen molar-refractivity contribution < 1.29 is 87.1 Å². The Morgan fingerprint density at radius 3 is 2.00 bits per heavy atom. The van der Waals surface area contributed by atoms with E-state index in [0.29, 0.717) is 96.4 Å². The van der Waals surface area contributed by atoms with Gasteiger partial charge in [-0.3, -0.25) is 0 Å². The van der Waals surface area contributed by atoms with Crippen LogP contribution in [0.15, 0.2) is 87.2 Å². The van der Waals surface area contributed by atoms with E-state index < -0.39 is 61.9 Å². The second kappa shape index (κ2) is 25.3. The Bertz CT molecular complexity index is 3230. The van der Waals surface area contributed by atoms with Crippen molar-refractivity contribution in [3.63, 3.8) is 0 Å². The first-order valence-electron chi connectivity index (χ1n) is 23.8. The summed E-state index contributed by atoms with van der Waals surface area (Å²) < 4.78 is 43.1. The fourth-order valence-electron chi connectivity index (χ4n) is 8.73. The van der Waals surface area contributed by atoms with Crippen LogP contribution in [0.3, 0.4) is 0 Å². The number of allylic oxidation sites excluding steroid dienone is 1. The van der Waals surface area contributed by atoms with Gasteiger partial charge in [-0.2, -0.15) is 5.26 Å². The molecule has 23 heteroatoms. The van der Waals surface area contributed by atoms with Crippen LogP contribution in [0, 0.1) is 11.3 Å². The van der Waals surface area contributed by atoms with Gasteiger partial charge in [-0.05, 0) is 62.3 Å². The second-order valence-electron chi connectivity index (χ2n) is 17.9. The molecule has 4 aliphatic rings. The number of carboxylic acids is 5. The van der Waals surface area contributed by atoms with E-state index in [1.165, 1.54) is 24.3 Å². The number of nitrogens with zero attached hydrogens (tertiary/aromatic N) is 3. The van der Waals surface area contributed by atoms with Gasteiger partial charge in [0.05, 0.1) is 71.8 Å². The molecule has 0 radical (unpaired) electrons. The van der Waals surface area contributed by atoms with E-state index in [2.05, 4.69) is 22.5 Å². The number of anilines is 1. The molecule has 3 aromatic carbocycles. The molecule has 1 saturated heterocycles. The Balaban J connectivity index is 0.000000168. The van der Waals surface area contributed by atoms with Crippen molar-refractivity contribution in [2.75, 3.05) is 63.4 Å². The summed E-state index contributed by atoms with van der Waals surface area (Å²) in [7, 11) is 0. The van der Waals surface area contributed by atoms with Crippen LogP contribution in [-0.4, -0.2) is 98.9 Å². The van der Waals surface area contributed by atoms with Gasteiger partial charge in [-0.15, -0.1) is 0 Å². The van der Waals surface area contributed by atoms with E-state index >= 15 is 0 Å². The Labute approximate surface area is 443 Å². The van der Waals surface area contributed by atoms with Crippen molar-refractivity contribution in [2.45, 2.75) is 63.2 Å². The lowest BCUT2D eigenvalue weighted by molar-refractivity contribution is -0.308. The molecule has 0 atom stereocenters.